The maximum atomic E-state index is 13.6. The summed E-state index contributed by atoms with van der Waals surface area (Å²) in [4.78, 5) is 16.4. The number of nitrogens with zero attached hydrogens (tertiary/aromatic N) is 1. The van der Waals surface area contributed by atoms with Gasteiger partial charge in [0, 0.05) is 22.3 Å². The number of aromatic nitrogens is 1. The van der Waals surface area contributed by atoms with Crippen LogP contribution in [0.5, 0.6) is 5.75 Å². The van der Waals surface area contributed by atoms with Gasteiger partial charge in [0.05, 0.1) is 18.7 Å². The third-order valence-corrected chi connectivity index (χ3v) is 5.11. The topological polar surface area (TPSA) is 71.5 Å². The molecule has 0 spiro atoms. The molecule has 0 amide bonds. The maximum Gasteiger partial charge on any atom is 0.337 e. The number of carbonyl (C=O) groups is 1. The number of aromatic hydroxyl groups is 1. The highest BCUT2D eigenvalue weighted by Gasteiger charge is 2.21. The van der Waals surface area contributed by atoms with Crippen LogP contribution in [0.25, 0.3) is 10.9 Å². The molecule has 1 unspecified atom stereocenters. The Morgan fingerprint density at radius 2 is 1.81 bits per heavy atom. The number of phenols is 1. The molecule has 6 heteroatoms. The van der Waals surface area contributed by atoms with Crippen LogP contribution in [0.4, 0.5) is 10.1 Å². The summed E-state index contributed by atoms with van der Waals surface area (Å²) in [6, 6.07) is 19.9. The first-order chi connectivity index (χ1) is 15.0. The number of methoxy groups -OCH3 is 1. The van der Waals surface area contributed by atoms with Gasteiger partial charge in [-0.05, 0) is 48.9 Å². The van der Waals surface area contributed by atoms with E-state index in [0.717, 1.165) is 16.6 Å². The van der Waals surface area contributed by atoms with Crippen molar-refractivity contribution in [2.75, 3.05) is 12.4 Å². The van der Waals surface area contributed by atoms with Crippen molar-refractivity contribution >= 4 is 22.6 Å². The molecule has 0 fully saturated rings. The molecule has 0 bridgehead atoms. The van der Waals surface area contributed by atoms with E-state index in [1.807, 2.05) is 37.3 Å². The van der Waals surface area contributed by atoms with E-state index in [1.54, 1.807) is 30.3 Å². The van der Waals surface area contributed by atoms with Gasteiger partial charge in [-0.25, -0.2) is 14.2 Å². The van der Waals surface area contributed by atoms with Crippen molar-refractivity contribution in [1.29, 1.82) is 0 Å². The van der Waals surface area contributed by atoms with Crippen LogP contribution in [0, 0.1) is 12.7 Å². The highest BCUT2D eigenvalue weighted by Crippen LogP contribution is 2.36. The van der Waals surface area contributed by atoms with Gasteiger partial charge in [0.1, 0.15) is 17.1 Å². The van der Waals surface area contributed by atoms with Crippen molar-refractivity contribution in [2.45, 2.75) is 13.0 Å². The van der Waals surface area contributed by atoms with Gasteiger partial charge in [-0.1, -0.05) is 36.4 Å². The Labute approximate surface area is 179 Å². The lowest BCUT2D eigenvalue weighted by Gasteiger charge is -2.23. The fourth-order valence-corrected chi connectivity index (χ4v) is 3.54. The molecule has 3 aromatic carbocycles. The van der Waals surface area contributed by atoms with E-state index in [2.05, 4.69) is 10.3 Å². The van der Waals surface area contributed by atoms with Crippen molar-refractivity contribution in [3.8, 4) is 5.75 Å². The number of pyridine rings is 1. The maximum absolute atomic E-state index is 13.6. The highest BCUT2D eigenvalue weighted by atomic mass is 19.1. The molecule has 0 saturated carbocycles. The summed E-state index contributed by atoms with van der Waals surface area (Å²) >= 11 is 0. The minimum absolute atomic E-state index is 0.0483. The summed E-state index contributed by atoms with van der Waals surface area (Å²) in [6.07, 6.45) is 0. The van der Waals surface area contributed by atoms with Crippen LogP contribution >= 0.6 is 0 Å². The Kier molecular flexibility index (Phi) is 5.54. The molecular formula is C25H21FN2O3. The van der Waals surface area contributed by atoms with Crippen LogP contribution in [0.1, 0.15) is 33.2 Å². The van der Waals surface area contributed by atoms with E-state index in [4.69, 9.17) is 4.74 Å². The third kappa shape index (κ3) is 4.19. The number of hydrogen-bond donors (Lipinski definition) is 2. The molecule has 4 rings (SSSR count). The summed E-state index contributed by atoms with van der Waals surface area (Å²) in [7, 11) is 1.33. The first-order valence-corrected chi connectivity index (χ1v) is 9.76. The second kappa shape index (κ2) is 8.44. The number of rotatable bonds is 5. The monoisotopic (exact) mass is 416 g/mol. The van der Waals surface area contributed by atoms with Crippen molar-refractivity contribution in [1.82, 2.24) is 4.98 Å². The predicted octanol–water partition coefficient (Wildman–Crippen LogP) is 5.38. The average molecular weight is 416 g/mol. The Hall–Kier alpha value is -3.93. The molecule has 0 aliphatic rings. The van der Waals surface area contributed by atoms with E-state index in [9.17, 15) is 14.3 Å². The molecule has 0 radical (unpaired) electrons. The fraction of sp³-hybridized carbons (Fsp3) is 0.120. The van der Waals surface area contributed by atoms with E-state index in [0.29, 0.717) is 22.3 Å². The Morgan fingerprint density at radius 1 is 1.06 bits per heavy atom. The number of aryl methyl sites for hydroxylation is 1. The molecule has 0 saturated heterocycles. The van der Waals surface area contributed by atoms with E-state index in [1.165, 1.54) is 19.2 Å². The van der Waals surface area contributed by atoms with Gasteiger partial charge < -0.3 is 15.2 Å². The second-order valence-electron chi connectivity index (χ2n) is 7.23. The van der Waals surface area contributed by atoms with Crippen LogP contribution in [-0.2, 0) is 4.74 Å². The summed E-state index contributed by atoms with van der Waals surface area (Å²) in [5.41, 5.74) is 3.65. The van der Waals surface area contributed by atoms with Gasteiger partial charge in [-0.15, -0.1) is 0 Å². The number of esters is 1. The minimum atomic E-state index is -0.514. The number of halogens is 1. The van der Waals surface area contributed by atoms with Gasteiger partial charge in [0.15, 0.2) is 0 Å². The van der Waals surface area contributed by atoms with Gasteiger partial charge in [-0.2, -0.15) is 0 Å². The smallest absolute Gasteiger partial charge is 0.337 e. The Morgan fingerprint density at radius 3 is 2.55 bits per heavy atom. The van der Waals surface area contributed by atoms with Crippen LogP contribution < -0.4 is 5.32 Å². The summed E-state index contributed by atoms with van der Waals surface area (Å²) in [5.74, 6) is -0.752. The number of fused-ring (bicyclic) bond motifs is 1. The zero-order valence-corrected chi connectivity index (χ0v) is 17.1. The summed E-state index contributed by atoms with van der Waals surface area (Å²) in [6.45, 7) is 1.86. The van der Waals surface area contributed by atoms with E-state index < -0.39 is 12.0 Å². The number of hydrogen-bond acceptors (Lipinski definition) is 5. The molecule has 156 valence electrons. The molecule has 1 aromatic heterocycles. The molecule has 2 N–H and O–H groups in total. The van der Waals surface area contributed by atoms with Crippen LogP contribution in [0.15, 0.2) is 72.8 Å². The molecule has 4 aromatic rings. The van der Waals surface area contributed by atoms with Crippen LogP contribution in [0.3, 0.4) is 0 Å². The van der Waals surface area contributed by atoms with Gasteiger partial charge >= 0.3 is 5.97 Å². The van der Waals surface area contributed by atoms with Gasteiger partial charge in [0.25, 0.3) is 0 Å². The van der Waals surface area contributed by atoms with E-state index >= 15 is 0 Å². The molecule has 5 nitrogen and oxygen atoms in total. The molecule has 1 heterocycles. The number of benzene rings is 3. The quantitative estimate of drug-likeness (QED) is 0.428. The molecule has 0 aliphatic heterocycles. The van der Waals surface area contributed by atoms with E-state index in [-0.39, 0.29) is 11.6 Å². The van der Waals surface area contributed by atoms with Gasteiger partial charge in [0.2, 0.25) is 0 Å². The minimum Gasteiger partial charge on any atom is -0.505 e. The third-order valence-electron chi connectivity index (χ3n) is 5.11. The fourth-order valence-electron chi connectivity index (χ4n) is 3.54. The summed E-state index contributed by atoms with van der Waals surface area (Å²) < 4.78 is 18.4. The lowest BCUT2D eigenvalue weighted by Crippen LogP contribution is -2.13. The highest BCUT2D eigenvalue weighted by molar-refractivity contribution is 5.90. The lowest BCUT2D eigenvalue weighted by atomic mass is 9.95. The lowest BCUT2D eigenvalue weighted by molar-refractivity contribution is 0.0601. The SMILES string of the molecule is COC(=O)c1cccc(NC(c2ccc(F)cc2)c2ccc3ccc(C)nc3c2O)c1. The van der Waals surface area contributed by atoms with Crippen molar-refractivity contribution < 1.29 is 19.0 Å². The molecule has 1 atom stereocenters. The Bertz CT molecular complexity index is 1260. The van der Waals surface area contributed by atoms with Crippen molar-refractivity contribution in [3.05, 3.63) is 101 Å². The first kappa shape index (κ1) is 20.3. The normalized spacial score (nSPS) is 11.8. The van der Waals surface area contributed by atoms with Crippen molar-refractivity contribution in [2.24, 2.45) is 0 Å². The number of anilines is 1. The number of ether oxygens (including phenoxy) is 1. The predicted molar refractivity (Wildman–Crippen MR) is 118 cm³/mol. The Balaban J connectivity index is 1.83. The summed E-state index contributed by atoms with van der Waals surface area (Å²) in [5, 5.41) is 15.2. The second-order valence-corrected chi connectivity index (χ2v) is 7.23. The zero-order chi connectivity index (χ0) is 22.0. The number of phenolic OH excluding ortho intramolecular Hbond substituents is 1. The van der Waals surface area contributed by atoms with Crippen molar-refractivity contribution in [3.63, 3.8) is 0 Å². The molecule has 31 heavy (non-hydrogen) atoms. The number of carbonyl (C=O) groups excluding carboxylic acids is 1. The zero-order valence-electron chi connectivity index (χ0n) is 17.1. The van der Waals surface area contributed by atoms with Gasteiger partial charge in [-0.3, -0.25) is 0 Å². The standard InChI is InChI=1S/C25H21FN2O3/c1-15-6-7-17-10-13-21(24(29)23(17)27-15)22(16-8-11-19(26)12-9-16)28-20-5-3-4-18(14-20)25(30)31-2/h3-14,22,28-29H,1-2H3. The van der Waals surface area contributed by atoms with Crippen LogP contribution in [-0.4, -0.2) is 23.2 Å². The average Bonchev–Trinajstić information content (AvgIpc) is 2.79. The number of nitrogens with one attached hydrogen (secondary N) is 1. The first-order valence-electron chi connectivity index (χ1n) is 9.76. The molecular weight excluding hydrogens is 395 g/mol. The molecule has 0 aliphatic carbocycles. The largest absolute Gasteiger partial charge is 0.505 e. The van der Waals surface area contributed by atoms with Crippen LogP contribution in [0.2, 0.25) is 0 Å².